The third kappa shape index (κ3) is 4.15. The molecule has 160 valence electrons. The molecular formula is C24H24N2O4S. The van der Waals surface area contributed by atoms with Gasteiger partial charge in [0.25, 0.3) is 0 Å². The summed E-state index contributed by atoms with van der Waals surface area (Å²) in [5, 5.41) is 1.02. The topological polar surface area (TPSA) is 80.4 Å². The van der Waals surface area contributed by atoms with Crippen molar-refractivity contribution in [3.63, 3.8) is 0 Å². The second kappa shape index (κ2) is 8.83. The number of hydrogen-bond acceptors (Lipinski definition) is 4. The summed E-state index contributed by atoms with van der Waals surface area (Å²) in [4.78, 5) is 3.51. The number of methoxy groups -OCH3 is 2. The zero-order valence-electron chi connectivity index (χ0n) is 17.3. The summed E-state index contributed by atoms with van der Waals surface area (Å²) in [6, 6.07) is 21.9. The Bertz CT molecular complexity index is 1280. The van der Waals surface area contributed by atoms with Crippen molar-refractivity contribution in [2.45, 2.75) is 10.8 Å². The third-order valence-corrected chi connectivity index (χ3v) is 6.78. The summed E-state index contributed by atoms with van der Waals surface area (Å²) in [5.74, 6) is 0.870. The van der Waals surface area contributed by atoms with E-state index < -0.39 is 10.0 Å². The highest BCUT2D eigenvalue weighted by Crippen LogP contribution is 2.40. The molecule has 3 aromatic carbocycles. The molecule has 6 nitrogen and oxygen atoms in total. The first-order chi connectivity index (χ1) is 15.0. The van der Waals surface area contributed by atoms with Gasteiger partial charge in [0, 0.05) is 35.1 Å². The molecule has 1 heterocycles. The lowest BCUT2D eigenvalue weighted by Crippen LogP contribution is -2.29. The summed E-state index contributed by atoms with van der Waals surface area (Å²) in [6.07, 6.45) is 1.92. The molecule has 0 spiro atoms. The maximum Gasteiger partial charge on any atom is 0.240 e. The van der Waals surface area contributed by atoms with Gasteiger partial charge in [-0.3, -0.25) is 0 Å². The van der Waals surface area contributed by atoms with E-state index in [2.05, 4.69) is 9.71 Å². The van der Waals surface area contributed by atoms with Crippen LogP contribution in [0.15, 0.2) is 83.9 Å². The highest BCUT2D eigenvalue weighted by atomic mass is 32.2. The van der Waals surface area contributed by atoms with E-state index in [-0.39, 0.29) is 17.4 Å². The standard InChI is InChI=1S/C24H24N2O4S/c1-29-23-14-8-12-19(24(23)30-2)21(20-15-25-22-13-7-6-11-18(20)22)16-26-31(27,28)17-9-4-3-5-10-17/h3-15,21,25-26H,16H2,1-2H3. The molecule has 7 heteroatoms. The molecule has 0 bridgehead atoms. The Balaban J connectivity index is 1.79. The fourth-order valence-corrected chi connectivity index (χ4v) is 4.90. The first-order valence-corrected chi connectivity index (χ1v) is 11.3. The fraction of sp³-hybridized carbons (Fsp3) is 0.167. The zero-order valence-corrected chi connectivity index (χ0v) is 18.1. The van der Waals surface area contributed by atoms with E-state index in [9.17, 15) is 8.42 Å². The van der Waals surface area contributed by atoms with E-state index in [1.165, 1.54) is 0 Å². The van der Waals surface area contributed by atoms with Crippen LogP contribution < -0.4 is 14.2 Å². The van der Waals surface area contributed by atoms with Gasteiger partial charge in [-0.25, -0.2) is 13.1 Å². The average molecular weight is 437 g/mol. The second-order valence-corrected chi connectivity index (χ2v) is 8.86. The summed E-state index contributed by atoms with van der Waals surface area (Å²) in [5.41, 5.74) is 2.79. The summed E-state index contributed by atoms with van der Waals surface area (Å²) >= 11 is 0. The normalized spacial score (nSPS) is 12.6. The molecule has 0 radical (unpaired) electrons. The lowest BCUT2D eigenvalue weighted by Gasteiger charge is -2.22. The van der Waals surface area contributed by atoms with Crippen molar-refractivity contribution in [1.29, 1.82) is 0 Å². The van der Waals surface area contributed by atoms with Crippen molar-refractivity contribution in [3.05, 3.63) is 90.1 Å². The number of hydrogen-bond donors (Lipinski definition) is 2. The number of nitrogens with one attached hydrogen (secondary N) is 2. The highest BCUT2D eigenvalue weighted by molar-refractivity contribution is 7.89. The van der Waals surface area contributed by atoms with Gasteiger partial charge in [0.2, 0.25) is 10.0 Å². The van der Waals surface area contributed by atoms with Gasteiger partial charge in [-0.05, 0) is 29.8 Å². The molecule has 0 aliphatic heterocycles. The van der Waals surface area contributed by atoms with Gasteiger partial charge < -0.3 is 14.5 Å². The van der Waals surface area contributed by atoms with Gasteiger partial charge in [-0.2, -0.15) is 0 Å². The van der Waals surface area contributed by atoms with Crippen molar-refractivity contribution in [2.75, 3.05) is 20.8 Å². The molecule has 1 unspecified atom stereocenters. The Hall–Kier alpha value is -3.29. The minimum absolute atomic E-state index is 0.155. The van der Waals surface area contributed by atoms with E-state index in [1.807, 2.05) is 48.7 Å². The minimum Gasteiger partial charge on any atom is -0.493 e. The largest absolute Gasteiger partial charge is 0.493 e. The molecule has 0 fully saturated rings. The van der Waals surface area contributed by atoms with Crippen molar-refractivity contribution in [1.82, 2.24) is 9.71 Å². The Morgan fingerprint density at radius 2 is 1.61 bits per heavy atom. The van der Waals surface area contributed by atoms with E-state index in [0.717, 1.165) is 22.0 Å². The van der Waals surface area contributed by atoms with Crippen LogP contribution in [0.4, 0.5) is 0 Å². The summed E-state index contributed by atoms with van der Waals surface area (Å²) in [6.45, 7) is 0.155. The first-order valence-electron chi connectivity index (χ1n) is 9.86. The highest BCUT2D eigenvalue weighted by Gasteiger charge is 2.25. The first kappa shape index (κ1) is 21.0. The van der Waals surface area contributed by atoms with Crippen LogP contribution in [0.25, 0.3) is 10.9 Å². The molecule has 31 heavy (non-hydrogen) atoms. The van der Waals surface area contributed by atoms with Gasteiger partial charge in [-0.15, -0.1) is 0 Å². The number of H-pyrrole nitrogens is 1. The minimum atomic E-state index is -3.68. The lowest BCUT2D eigenvalue weighted by molar-refractivity contribution is 0.350. The fourth-order valence-electron chi connectivity index (χ4n) is 3.83. The molecule has 1 atom stereocenters. The SMILES string of the molecule is COc1cccc(C(CNS(=O)(=O)c2ccccc2)c2c[nH]c3ccccc23)c1OC. The number of ether oxygens (including phenoxy) is 2. The van der Waals surface area contributed by atoms with Crippen molar-refractivity contribution < 1.29 is 17.9 Å². The molecule has 1 aromatic heterocycles. The zero-order chi connectivity index (χ0) is 21.8. The molecule has 0 aliphatic carbocycles. The van der Waals surface area contributed by atoms with Crippen molar-refractivity contribution in [3.8, 4) is 11.5 Å². The number of benzene rings is 3. The lowest BCUT2D eigenvalue weighted by atomic mass is 9.90. The second-order valence-electron chi connectivity index (χ2n) is 7.09. The molecular weight excluding hydrogens is 412 g/mol. The Labute approximate surface area is 181 Å². The van der Waals surface area contributed by atoms with Crippen LogP contribution in [0.5, 0.6) is 11.5 Å². The van der Waals surface area contributed by atoms with Crippen molar-refractivity contribution in [2.24, 2.45) is 0 Å². The third-order valence-electron chi connectivity index (χ3n) is 5.34. The molecule has 4 rings (SSSR count). The maximum atomic E-state index is 12.9. The van der Waals surface area contributed by atoms with E-state index in [4.69, 9.17) is 9.47 Å². The molecule has 0 saturated heterocycles. The van der Waals surface area contributed by atoms with E-state index in [1.54, 1.807) is 44.6 Å². The Morgan fingerprint density at radius 3 is 2.35 bits per heavy atom. The van der Waals surface area contributed by atoms with E-state index >= 15 is 0 Å². The number of para-hydroxylation sites is 2. The van der Waals surface area contributed by atoms with Crippen LogP contribution in [-0.4, -0.2) is 34.2 Å². The Morgan fingerprint density at radius 1 is 0.871 bits per heavy atom. The van der Waals surface area contributed by atoms with Crippen LogP contribution in [0.2, 0.25) is 0 Å². The van der Waals surface area contributed by atoms with Gasteiger partial charge in [0.1, 0.15) is 0 Å². The Kier molecular flexibility index (Phi) is 5.97. The molecule has 4 aromatic rings. The monoisotopic (exact) mass is 436 g/mol. The number of fused-ring (bicyclic) bond motifs is 1. The van der Waals surface area contributed by atoms with Gasteiger partial charge in [-0.1, -0.05) is 48.5 Å². The quantitative estimate of drug-likeness (QED) is 0.432. The average Bonchev–Trinajstić information content (AvgIpc) is 3.23. The molecule has 0 saturated carbocycles. The predicted molar refractivity (Wildman–Crippen MR) is 121 cm³/mol. The molecule has 2 N–H and O–H groups in total. The number of sulfonamides is 1. The molecule has 0 amide bonds. The predicted octanol–water partition coefficient (Wildman–Crippen LogP) is 4.30. The number of rotatable bonds is 8. The number of aromatic nitrogens is 1. The van der Waals surface area contributed by atoms with Gasteiger partial charge in [0.15, 0.2) is 11.5 Å². The van der Waals surface area contributed by atoms with Crippen LogP contribution >= 0.6 is 0 Å². The van der Waals surface area contributed by atoms with Crippen LogP contribution in [0.1, 0.15) is 17.0 Å². The van der Waals surface area contributed by atoms with Gasteiger partial charge in [0.05, 0.1) is 19.1 Å². The van der Waals surface area contributed by atoms with Crippen molar-refractivity contribution >= 4 is 20.9 Å². The maximum absolute atomic E-state index is 12.9. The molecule has 0 aliphatic rings. The van der Waals surface area contributed by atoms with Crippen LogP contribution in [-0.2, 0) is 10.0 Å². The summed E-state index contributed by atoms with van der Waals surface area (Å²) < 4.78 is 39.7. The van der Waals surface area contributed by atoms with Crippen LogP contribution in [0, 0.1) is 0 Å². The number of aromatic amines is 1. The van der Waals surface area contributed by atoms with Gasteiger partial charge >= 0.3 is 0 Å². The van der Waals surface area contributed by atoms with Crippen LogP contribution in [0.3, 0.4) is 0 Å². The smallest absolute Gasteiger partial charge is 0.240 e. The van der Waals surface area contributed by atoms with E-state index in [0.29, 0.717) is 11.5 Å². The summed E-state index contributed by atoms with van der Waals surface area (Å²) in [7, 11) is -0.506.